The van der Waals surface area contributed by atoms with Gasteiger partial charge in [-0.05, 0) is 62.6 Å². The van der Waals surface area contributed by atoms with Gasteiger partial charge in [-0.2, -0.15) is 0 Å². The zero-order valence-electron chi connectivity index (χ0n) is 17.7. The quantitative estimate of drug-likeness (QED) is 0.686. The number of aliphatic carboxylic acids is 1. The normalized spacial score (nSPS) is 24.9. The largest absolute Gasteiger partial charge is 0.481 e. The summed E-state index contributed by atoms with van der Waals surface area (Å²) in [5.41, 5.74) is 5.36. The van der Waals surface area contributed by atoms with E-state index in [1.807, 2.05) is 4.90 Å². The van der Waals surface area contributed by atoms with Crippen LogP contribution < -0.4 is 5.73 Å². The van der Waals surface area contributed by atoms with Crippen molar-refractivity contribution < 1.29 is 19.5 Å². The number of carbonyl (C=O) groups is 3. The fraction of sp³-hybridized carbons (Fsp3) is 0.857. The molecule has 2 aliphatic heterocycles. The number of primary amides is 1. The molecule has 0 spiro atoms. The molecular weight excluding hydrogens is 358 g/mol. The van der Waals surface area contributed by atoms with Crippen LogP contribution in [0.3, 0.4) is 0 Å². The Kier molecular flexibility index (Phi) is 7.87. The summed E-state index contributed by atoms with van der Waals surface area (Å²) in [4.78, 5) is 39.5. The number of likely N-dealkylation sites (tertiary alicyclic amines) is 2. The molecule has 2 fully saturated rings. The van der Waals surface area contributed by atoms with Gasteiger partial charge in [-0.25, -0.2) is 0 Å². The Morgan fingerprint density at radius 3 is 2.21 bits per heavy atom. The maximum absolute atomic E-state index is 12.6. The Bertz CT molecular complexity index is 564. The van der Waals surface area contributed by atoms with Crippen molar-refractivity contribution in [3.8, 4) is 0 Å². The molecule has 7 nitrogen and oxygen atoms in total. The molecule has 2 unspecified atom stereocenters. The second kappa shape index (κ2) is 9.72. The van der Waals surface area contributed by atoms with E-state index in [1.165, 1.54) is 0 Å². The second-order valence-electron chi connectivity index (χ2n) is 9.79. The lowest BCUT2D eigenvalue weighted by atomic mass is 9.80. The molecule has 0 saturated carbocycles. The van der Waals surface area contributed by atoms with Gasteiger partial charge in [0.05, 0.1) is 0 Å². The van der Waals surface area contributed by atoms with Gasteiger partial charge in [-0.3, -0.25) is 14.4 Å². The summed E-state index contributed by atoms with van der Waals surface area (Å²) in [5.74, 6) is -0.472. The van der Waals surface area contributed by atoms with Gasteiger partial charge in [0, 0.05) is 31.8 Å². The smallest absolute Gasteiger partial charge is 0.303 e. The monoisotopic (exact) mass is 395 g/mol. The first kappa shape index (κ1) is 22.7. The average molecular weight is 396 g/mol. The molecule has 0 aliphatic carbocycles. The van der Waals surface area contributed by atoms with E-state index >= 15 is 0 Å². The number of hydrogen-bond donors (Lipinski definition) is 2. The van der Waals surface area contributed by atoms with Crippen LogP contribution in [-0.2, 0) is 14.4 Å². The number of nitrogens with zero attached hydrogens (tertiary/aromatic N) is 2. The predicted molar refractivity (Wildman–Crippen MR) is 107 cm³/mol. The predicted octanol–water partition coefficient (Wildman–Crippen LogP) is 1.95. The van der Waals surface area contributed by atoms with Gasteiger partial charge < -0.3 is 20.6 Å². The van der Waals surface area contributed by atoms with Gasteiger partial charge in [0.25, 0.3) is 0 Å². The van der Waals surface area contributed by atoms with E-state index in [2.05, 4.69) is 25.7 Å². The fourth-order valence-corrected chi connectivity index (χ4v) is 4.48. The average Bonchev–Trinajstić information content (AvgIpc) is 2.59. The van der Waals surface area contributed by atoms with Crippen molar-refractivity contribution in [1.29, 1.82) is 0 Å². The fourth-order valence-electron chi connectivity index (χ4n) is 4.48. The number of hydrogen-bond acceptors (Lipinski definition) is 4. The first-order valence-electron chi connectivity index (χ1n) is 10.6. The summed E-state index contributed by atoms with van der Waals surface area (Å²) in [6.45, 7) is 10.1. The van der Waals surface area contributed by atoms with Gasteiger partial charge in [-0.1, -0.05) is 20.8 Å². The Hall–Kier alpha value is -1.63. The summed E-state index contributed by atoms with van der Waals surface area (Å²) in [7, 11) is 0. The second-order valence-corrected chi connectivity index (χ2v) is 9.79. The minimum Gasteiger partial charge on any atom is -0.481 e. The summed E-state index contributed by atoms with van der Waals surface area (Å²) in [6.07, 6.45) is 3.94. The first-order chi connectivity index (χ1) is 13.0. The van der Waals surface area contributed by atoms with E-state index in [-0.39, 0.29) is 41.4 Å². The van der Waals surface area contributed by atoms with Crippen molar-refractivity contribution >= 4 is 17.8 Å². The highest BCUT2D eigenvalue weighted by molar-refractivity contribution is 5.77. The Labute approximate surface area is 168 Å². The Morgan fingerprint density at radius 2 is 1.68 bits per heavy atom. The lowest BCUT2D eigenvalue weighted by Crippen LogP contribution is -2.46. The molecule has 2 amide bonds. The van der Waals surface area contributed by atoms with Crippen molar-refractivity contribution in [2.45, 2.75) is 59.3 Å². The molecule has 160 valence electrons. The summed E-state index contributed by atoms with van der Waals surface area (Å²) >= 11 is 0. The number of piperidine rings is 2. The number of rotatable bonds is 7. The van der Waals surface area contributed by atoms with Crippen molar-refractivity contribution in [2.24, 2.45) is 28.9 Å². The first-order valence-corrected chi connectivity index (χ1v) is 10.6. The Morgan fingerprint density at radius 1 is 1.04 bits per heavy atom. The van der Waals surface area contributed by atoms with E-state index in [1.54, 1.807) is 0 Å². The number of carboxylic acid groups (broad SMARTS) is 1. The van der Waals surface area contributed by atoms with Gasteiger partial charge >= 0.3 is 5.97 Å². The van der Waals surface area contributed by atoms with E-state index in [0.29, 0.717) is 19.5 Å². The molecule has 2 heterocycles. The molecule has 0 aromatic heterocycles. The zero-order valence-corrected chi connectivity index (χ0v) is 17.7. The van der Waals surface area contributed by atoms with Crippen LogP contribution in [0.5, 0.6) is 0 Å². The third kappa shape index (κ3) is 7.08. The van der Waals surface area contributed by atoms with Crippen molar-refractivity contribution in [2.75, 3.05) is 32.7 Å². The molecule has 2 aliphatic rings. The SMILES string of the molecule is CC(C)(C)CC(=O)N1CCC(CC(=O)O)C(CCN2CCC(C(N)=O)CC2)C1. The van der Waals surface area contributed by atoms with E-state index in [9.17, 15) is 19.5 Å². The highest BCUT2D eigenvalue weighted by Crippen LogP contribution is 2.31. The maximum Gasteiger partial charge on any atom is 0.303 e. The third-order valence-corrected chi connectivity index (χ3v) is 6.17. The lowest BCUT2D eigenvalue weighted by Gasteiger charge is -2.40. The van der Waals surface area contributed by atoms with E-state index in [0.717, 1.165) is 45.3 Å². The number of carboxylic acids is 1. The molecular formula is C21H37N3O4. The summed E-state index contributed by atoms with van der Waals surface area (Å²) in [6, 6.07) is 0. The highest BCUT2D eigenvalue weighted by Gasteiger charge is 2.34. The highest BCUT2D eigenvalue weighted by atomic mass is 16.4. The van der Waals surface area contributed by atoms with Gasteiger partial charge in [-0.15, -0.1) is 0 Å². The molecule has 2 rings (SSSR count). The minimum absolute atomic E-state index is 0.0174. The number of nitrogens with two attached hydrogens (primary N) is 1. The number of carbonyl (C=O) groups excluding carboxylic acids is 2. The van der Waals surface area contributed by atoms with Crippen LogP contribution in [0.4, 0.5) is 0 Å². The molecule has 2 atom stereocenters. The van der Waals surface area contributed by atoms with Crippen molar-refractivity contribution in [3.63, 3.8) is 0 Å². The maximum atomic E-state index is 12.6. The molecule has 3 N–H and O–H groups in total. The van der Waals surface area contributed by atoms with Gasteiger partial charge in [0.2, 0.25) is 11.8 Å². The summed E-state index contributed by atoms with van der Waals surface area (Å²) in [5, 5.41) is 9.27. The summed E-state index contributed by atoms with van der Waals surface area (Å²) < 4.78 is 0. The van der Waals surface area contributed by atoms with Crippen LogP contribution in [-0.4, -0.2) is 65.4 Å². The van der Waals surface area contributed by atoms with Crippen LogP contribution in [0.15, 0.2) is 0 Å². The van der Waals surface area contributed by atoms with Crippen LogP contribution in [0.2, 0.25) is 0 Å². The minimum atomic E-state index is -0.758. The van der Waals surface area contributed by atoms with E-state index < -0.39 is 5.97 Å². The van der Waals surface area contributed by atoms with Crippen molar-refractivity contribution in [1.82, 2.24) is 9.80 Å². The zero-order chi connectivity index (χ0) is 20.9. The molecule has 0 bridgehead atoms. The molecule has 2 saturated heterocycles. The van der Waals surface area contributed by atoms with E-state index in [4.69, 9.17) is 5.73 Å². The van der Waals surface area contributed by atoms with Crippen LogP contribution in [0.1, 0.15) is 59.3 Å². The third-order valence-electron chi connectivity index (χ3n) is 6.17. The van der Waals surface area contributed by atoms with Crippen LogP contribution in [0.25, 0.3) is 0 Å². The molecule has 7 heteroatoms. The van der Waals surface area contributed by atoms with Crippen LogP contribution in [0, 0.1) is 23.2 Å². The lowest BCUT2D eigenvalue weighted by molar-refractivity contribution is -0.140. The molecule has 0 aromatic rings. The molecule has 28 heavy (non-hydrogen) atoms. The Balaban J connectivity index is 1.91. The van der Waals surface area contributed by atoms with Crippen LogP contribution >= 0.6 is 0 Å². The molecule has 0 aromatic carbocycles. The van der Waals surface area contributed by atoms with Gasteiger partial charge in [0.15, 0.2) is 0 Å². The van der Waals surface area contributed by atoms with Crippen molar-refractivity contribution in [3.05, 3.63) is 0 Å². The standard InChI is InChI=1S/C21H37N3O4/c1-21(2,3)13-18(25)24-11-7-16(12-19(26)27)17(14-24)6-10-23-8-4-15(5-9-23)20(22)28/h15-17H,4-14H2,1-3H3,(H2,22,28)(H,26,27). The number of amides is 2. The molecule has 0 radical (unpaired) electrons. The topological polar surface area (TPSA) is 104 Å². The van der Waals surface area contributed by atoms with Gasteiger partial charge in [0.1, 0.15) is 0 Å².